The smallest absolute Gasteiger partial charge is 0.208 e. The molecule has 4 heteroatoms. The second kappa shape index (κ2) is 3.41. The van der Waals surface area contributed by atoms with Crippen LogP contribution in [0.1, 0.15) is 6.92 Å². The lowest BCUT2D eigenvalue weighted by Crippen LogP contribution is -2.31. The minimum atomic E-state index is -0.949. The van der Waals surface area contributed by atoms with Crippen molar-refractivity contribution in [2.75, 3.05) is 0 Å². The average molecular weight is 224 g/mol. The molecule has 0 bridgehead atoms. The lowest BCUT2D eigenvalue weighted by Gasteiger charge is -2.28. The molecule has 1 aliphatic rings. The maximum atomic E-state index is 10.4. The van der Waals surface area contributed by atoms with Crippen molar-refractivity contribution >= 4 is 41.1 Å². The Labute approximate surface area is 86.0 Å². The number of alkyl halides is 1. The van der Waals surface area contributed by atoms with E-state index < -0.39 is 10.8 Å². The Hall–Kier alpha value is 0.0200. The van der Waals surface area contributed by atoms with Gasteiger partial charge in [0.25, 0.3) is 0 Å². The Morgan fingerprint density at radius 2 is 2.17 bits per heavy atom. The first-order chi connectivity index (χ1) is 5.50. The molecule has 2 unspecified atom stereocenters. The number of hydrogen-bond donors (Lipinski definition) is 0. The quantitative estimate of drug-likeness (QED) is 0.626. The van der Waals surface area contributed by atoms with Crippen LogP contribution >= 0.6 is 34.8 Å². The van der Waals surface area contributed by atoms with Crippen molar-refractivity contribution < 1.29 is 4.79 Å². The van der Waals surface area contributed by atoms with Crippen LogP contribution in [-0.2, 0) is 4.79 Å². The van der Waals surface area contributed by atoms with E-state index in [9.17, 15) is 4.79 Å². The Kier molecular flexibility index (Phi) is 2.87. The summed E-state index contributed by atoms with van der Waals surface area (Å²) in [7, 11) is 0. The van der Waals surface area contributed by atoms with E-state index >= 15 is 0 Å². The second-order valence-corrected chi connectivity index (χ2v) is 4.26. The van der Waals surface area contributed by atoms with Crippen molar-refractivity contribution in [1.82, 2.24) is 0 Å². The summed E-state index contributed by atoms with van der Waals surface area (Å²) in [5.41, 5.74) is 0. The van der Waals surface area contributed by atoms with Crippen molar-refractivity contribution in [1.29, 1.82) is 0 Å². The normalized spacial score (nSPS) is 35.5. The number of carbonyl (C=O) groups excluding carboxylic acids is 1. The van der Waals surface area contributed by atoms with Gasteiger partial charge in [-0.1, -0.05) is 29.3 Å². The fourth-order valence-electron chi connectivity index (χ4n) is 0.955. The predicted octanol–water partition coefficient (Wildman–Crippen LogP) is 2.97. The van der Waals surface area contributed by atoms with Gasteiger partial charge in [0.05, 0.1) is 20.9 Å². The Morgan fingerprint density at radius 3 is 2.67 bits per heavy atom. The van der Waals surface area contributed by atoms with Crippen LogP contribution in [-0.4, -0.2) is 11.2 Å². The molecule has 1 nitrogen and oxygen atoms in total. The standard InChI is InChI=1S/C8H6Cl3O/c1-8(11)5(4-12)2-3-6(9)7(8)10/h2-3,5H,1H3. The summed E-state index contributed by atoms with van der Waals surface area (Å²) in [5.74, 6) is -0.533. The Morgan fingerprint density at radius 1 is 1.58 bits per heavy atom. The molecule has 0 aromatic rings. The molecular weight excluding hydrogens is 218 g/mol. The minimum absolute atomic E-state index is 0.293. The first kappa shape index (κ1) is 10.1. The summed E-state index contributed by atoms with van der Waals surface area (Å²) in [6, 6.07) is 0. The van der Waals surface area contributed by atoms with Crippen LogP contribution in [0.2, 0.25) is 0 Å². The summed E-state index contributed by atoms with van der Waals surface area (Å²) in [5, 5.41) is 0.669. The van der Waals surface area contributed by atoms with Gasteiger partial charge in [-0.15, -0.1) is 11.6 Å². The molecule has 65 valence electrons. The third-order valence-electron chi connectivity index (χ3n) is 1.78. The first-order valence-electron chi connectivity index (χ1n) is 3.30. The zero-order valence-corrected chi connectivity index (χ0v) is 8.54. The van der Waals surface area contributed by atoms with Crippen molar-refractivity contribution in [2.45, 2.75) is 11.8 Å². The van der Waals surface area contributed by atoms with Gasteiger partial charge < -0.3 is 0 Å². The Bertz CT molecular complexity index is 265. The monoisotopic (exact) mass is 223 g/mol. The molecule has 0 aliphatic heterocycles. The van der Waals surface area contributed by atoms with Crippen molar-refractivity contribution in [3.63, 3.8) is 0 Å². The van der Waals surface area contributed by atoms with Crippen LogP contribution in [0.5, 0.6) is 0 Å². The van der Waals surface area contributed by atoms with Gasteiger partial charge in [0.15, 0.2) is 0 Å². The van der Waals surface area contributed by atoms with Gasteiger partial charge in [-0.2, -0.15) is 0 Å². The SMILES string of the molecule is CC1(Cl)C(Cl)=C(Cl)C=CC1[C]=O. The zero-order chi connectivity index (χ0) is 9.35. The van der Waals surface area contributed by atoms with Crippen LogP contribution in [0.4, 0.5) is 0 Å². The molecule has 1 aliphatic carbocycles. The number of hydrogen-bond acceptors (Lipinski definition) is 1. The molecule has 0 heterocycles. The molecule has 0 spiro atoms. The third kappa shape index (κ3) is 1.54. The summed E-state index contributed by atoms with van der Waals surface area (Å²) in [6.45, 7) is 1.64. The molecular formula is C8H6Cl3O. The zero-order valence-electron chi connectivity index (χ0n) is 6.27. The van der Waals surface area contributed by atoms with Gasteiger partial charge in [0, 0.05) is 0 Å². The summed E-state index contributed by atoms with van der Waals surface area (Å²) >= 11 is 17.5. The maximum absolute atomic E-state index is 10.4. The molecule has 0 saturated carbocycles. The molecule has 0 N–H and O–H groups in total. The average Bonchev–Trinajstić information content (AvgIpc) is 2.01. The van der Waals surface area contributed by atoms with Crippen LogP contribution < -0.4 is 0 Å². The van der Waals surface area contributed by atoms with E-state index in [0.717, 1.165) is 0 Å². The van der Waals surface area contributed by atoms with Crippen molar-refractivity contribution in [3.8, 4) is 0 Å². The van der Waals surface area contributed by atoms with Gasteiger partial charge in [0.1, 0.15) is 0 Å². The van der Waals surface area contributed by atoms with Gasteiger partial charge in [-0.05, 0) is 13.0 Å². The van der Waals surface area contributed by atoms with E-state index in [-0.39, 0.29) is 0 Å². The van der Waals surface area contributed by atoms with Crippen LogP contribution in [0.15, 0.2) is 22.2 Å². The highest BCUT2D eigenvalue weighted by Crippen LogP contribution is 2.41. The van der Waals surface area contributed by atoms with E-state index in [0.29, 0.717) is 10.1 Å². The van der Waals surface area contributed by atoms with E-state index in [2.05, 4.69) is 0 Å². The van der Waals surface area contributed by atoms with Gasteiger partial charge in [0.2, 0.25) is 6.29 Å². The fraction of sp³-hybridized carbons (Fsp3) is 0.375. The molecule has 0 aromatic heterocycles. The number of rotatable bonds is 1. The van der Waals surface area contributed by atoms with E-state index in [1.165, 1.54) is 0 Å². The second-order valence-electron chi connectivity index (χ2n) is 2.69. The van der Waals surface area contributed by atoms with Crippen LogP contribution in [0.3, 0.4) is 0 Å². The van der Waals surface area contributed by atoms with Crippen LogP contribution in [0.25, 0.3) is 0 Å². The van der Waals surface area contributed by atoms with Crippen LogP contribution in [0, 0.1) is 5.92 Å². The van der Waals surface area contributed by atoms with Gasteiger partial charge >= 0.3 is 0 Å². The summed E-state index contributed by atoms with van der Waals surface area (Å²) in [6.07, 6.45) is 4.95. The topological polar surface area (TPSA) is 17.1 Å². The van der Waals surface area contributed by atoms with E-state index in [4.69, 9.17) is 34.8 Å². The molecule has 0 amide bonds. The fourth-order valence-corrected chi connectivity index (χ4v) is 1.67. The van der Waals surface area contributed by atoms with Crippen molar-refractivity contribution in [3.05, 3.63) is 22.2 Å². The van der Waals surface area contributed by atoms with Gasteiger partial charge in [-0.3, -0.25) is 4.79 Å². The lowest BCUT2D eigenvalue weighted by molar-refractivity contribution is 0.519. The molecule has 12 heavy (non-hydrogen) atoms. The molecule has 0 saturated heterocycles. The lowest BCUT2D eigenvalue weighted by atomic mass is 9.90. The molecule has 0 aromatic carbocycles. The first-order valence-corrected chi connectivity index (χ1v) is 4.44. The highest BCUT2D eigenvalue weighted by molar-refractivity contribution is 6.46. The maximum Gasteiger partial charge on any atom is 0.208 e. The number of halogens is 3. The van der Waals surface area contributed by atoms with E-state index in [1.54, 1.807) is 25.4 Å². The summed E-state index contributed by atoms with van der Waals surface area (Å²) in [4.78, 5) is 9.49. The largest absolute Gasteiger partial charge is 0.290 e. The van der Waals surface area contributed by atoms with E-state index in [1.807, 2.05) is 0 Å². The third-order valence-corrected chi connectivity index (χ3v) is 3.31. The minimum Gasteiger partial charge on any atom is -0.290 e. The molecule has 0 fully saturated rings. The Balaban J connectivity index is 3.10. The van der Waals surface area contributed by atoms with Crippen molar-refractivity contribution in [2.24, 2.45) is 5.92 Å². The predicted molar refractivity (Wildman–Crippen MR) is 51.3 cm³/mol. The summed E-state index contributed by atoms with van der Waals surface area (Å²) < 4.78 is 0. The number of allylic oxidation sites excluding steroid dienone is 4. The molecule has 1 rings (SSSR count). The highest BCUT2D eigenvalue weighted by Gasteiger charge is 2.37. The molecule has 2 atom stereocenters. The highest BCUT2D eigenvalue weighted by atomic mass is 35.5. The molecule has 1 radical (unpaired) electrons. The van der Waals surface area contributed by atoms with Gasteiger partial charge in [-0.25, -0.2) is 0 Å².